The predicted octanol–water partition coefficient (Wildman–Crippen LogP) is 2.09. The molecule has 0 spiro atoms. The Kier molecular flexibility index (Phi) is 8.91. The highest BCUT2D eigenvalue weighted by Gasteiger charge is 2.10. The van der Waals surface area contributed by atoms with E-state index in [1.165, 1.54) is 0 Å². The zero-order chi connectivity index (χ0) is 12.4. The first kappa shape index (κ1) is 15.2. The SMILES string of the molecule is C=CCC(C)C(C)NCCC(=O)NCCC. The van der Waals surface area contributed by atoms with E-state index in [1.54, 1.807) is 0 Å². The number of hydrogen-bond acceptors (Lipinski definition) is 2. The van der Waals surface area contributed by atoms with Crippen molar-refractivity contribution in [1.29, 1.82) is 0 Å². The number of amides is 1. The van der Waals surface area contributed by atoms with Gasteiger partial charge in [-0.3, -0.25) is 4.79 Å². The summed E-state index contributed by atoms with van der Waals surface area (Å²) in [6.45, 7) is 11.7. The quantitative estimate of drug-likeness (QED) is 0.591. The third kappa shape index (κ3) is 7.46. The fourth-order valence-electron chi connectivity index (χ4n) is 1.43. The van der Waals surface area contributed by atoms with Crippen LogP contribution in [0.3, 0.4) is 0 Å². The molecule has 16 heavy (non-hydrogen) atoms. The Morgan fingerprint density at radius 3 is 2.62 bits per heavy atom. The summed E-state index contributed by atoms with van der Waals surface area (Å²) in [7, 11) is 0. The summed E-state index contributed by atoms with van der Waals surface area (Å²) in [4.78, 5) is 11.3. The summed E-state index contributed by atoms with van der Waals surface area (Å²) in [6.07, 6.45) is 4.50. The second kappa shape index (κ2) is 9.40. The topological polar surface area (TPSA) is 41.1 Å². The van der Waals surface area contributed by atoms with E-state index in [1.807, 2.05) is 6.08 Å². The van der Waals surface area contributed by atoms with E-state index < -0.39 is 0 Å². The second-order valence-corrected chi connectivity index (χ2v) is 4.34. The molecular weight excluding hydrogens is 200 g/mol. The van der Waals surface area contributed by atoms with Crippen LogP contribution in [0.25, 0.3) is 0 Å². The molecule has 0 bridgehead atoms. The van der Waals surface area contributed by atoms with Gasteiger partial charge in [0, 0.05) is 25.6 Å². The van der Waals surface area contributed by atoms with E-state index in [2.05, 4.69) is 38.0 Å². The Balaban J connectivity index is 3.56. The first-order valence-electron chi connectivity index (χ1n) is 6.22. The summed E-state index contributed by atoms with van der Waals surface area (Å²) in [5.41, 5.74) is 0. The average Bonchev–Trinajstić information content (AvgIpc) is 2.26. The normalized spacial score (nSPS) is 14.2. The molecule has 1 amide bonds. The number of hydrogen-bond donors (Lipinski definition) is 2. The maximum Gasteiger partial charge on any atom is 0.221 e. The lowest BCUT2D eigenvalue weighted by Gasteiger charge is -2.19. The zero-order valence-electron chi connectivity index (χ0n) is 10.9. The molecule has 3 nitrogen and oxygen atoms in total. The second-order valence-electron chi connectivity index (χ2n) is 4.34. The van der Waals surface area contributed by atoms with Crippen LogP contribution in [-0.2, 0) is 4.79 Å². The van der Waals surface area contributed by atoms with Crippen molar-refractivity contribution in [2.75, 3.05) is 13.1 Å². The minimum absolute atomic E-state index is 0.137. The van der Waals surface area contributed by atoms with Gasteiger partial charge < -0.3 is 10.6 Å². The number of rotatable bonds is 9. The van der Waals surface area contributed by atoms with Crippen LogP contribution in [0.5, 0.6) is 0 Å². The number of allylic oxidation sites excluding steroid dienone is 1. The van der Waals surface area contributed by atoms with Crippen molar-refractivity contribution in [2.45, 2.75) is 46.1 Å². The Hall–Kier alpha value is -0.830. The van der Waals surface area contributed by atoms with E-state index in [-0.39, 0.29) is 5.91 Å². The van der Waals surface area contributed by atoms with Crippen molar-refractivity contribution in [1.82, 2.24) is 10.6 Å². The van der Waals surface area contributed by atoms with Gasteiger partial charge in [0.1, 0.15) is 0 Å². The monoisotopic (exact) mass is 226 g/mol. The van der Waals surface area contributed by atoms with Crippen molar-refractivity contribution in [3.05, 3.63) is 12.7 Å². The molecule has 0 saturated heterocycles. The van der Waals surface area contributed by atoms with Crippen LogP contribution < -0.4 is 10.6 Å². The lowest BCUT2D eigenvalue weighted by Crippen LogP contribution is -2.35. The van der Waals surface area contributed by atoms with Crippen molar-refractivity contribution in [3.63, 3.8) is 0 Å². The van der Waals surface area contributed by atoms with Crippen LogP contribution in [0.15, 0.2) is 12.7 Å². The highest BCUT2D eigenvalue weighted by molar-refractivity contribution is 5.75. The van der Waals surface area contributed by atoms with E-state index >= 15 is 0 Å². The molecule has 0 aliphatic rings. The highest BCUT2D eigenvalue weighted by Crippen LogP contribution is 2.07. The largest absolute Gasteiger partial charge is 0.356 e. The number of carbonyl (C=O) groups excluding carboxylic acids is 1. The first-order valence-corrected chi connectivity index (χ1v) is 6.22. The minimum Gasteiger partial charge on any atom is -0.356 e. The lowest BCUT2D eigenvalue weighted by atomic mass is 10.00. The molecule has 0 saturated carbocycles. The average molecular weight is 226 g/mol. The van der Waals surface area contributed by atoms with Gasteiger partial charge in [0.05, 0.1) is 0 Å². The molecule has 2 N–H and O–H groups in total. The van der Waals surface area contributed by atoms with Gasteiger partial charge >= 0.3 is 0 Å². The Morgan fingerprint density at radius 1 is 1.38 bits per heavy atom. The number of carbonyl (C=O) groups is 1. The van der Waals surface area contributed by atoms with Crippen LogP contribution in [0.4, 0.5) is 0 Å². The van der Waals surface area contributed by atoms with Crippen LogP contribution in [0, 0.1) is 5.92 Å². The molecule has 0 aliphatic heterocycles. The molecule has 3 heteroatoms. The Labute approximate surface area is 99.7 Å². The van der Waals surface area contributed by atoms with Crippen LogP contribution in [0.2, 0.25) is 0 Å². The molecule has 2 unspecified atom stereocenters. The maximum absolute atomic E-state index is 11.3. The maximum atomic E-state index is 11.3. The molecule has 0 aromatic carbocycles. The Morgan fingerprint density at radius 2 is 2.06 bits per heavy atom. The molecule has 0 fully saturated rings. The molecule has 0 heterocycles. The lowest BCUT2D eigenvalue weighted by molar-refractivity contribution is -0.121. The standard InChI is InChI=1S/C13H26N2O/c1-5-7-11(3)12(4)14-10-8-13(16)15-9-6-2/h5,11-12,14H,1,6-10H2,2-4H3,(H,15,16). The molecule has 0 aromatic rings. The van der Waals surface area contributed by atoms with E-state index in [9.17, 15) is 4.79 Å². The third-order valence-corrected chi connectivity index (χ3v) is 2.78. The fraction of sp³-hybridized carbons (Fsp3) is 0.769. The predicted molar refractivity (Wildman–Crippen MR) is 69.4 cm³/mol. The van der Waals surface area contributed by atoms with Gasteiger partial charge in [-0.05, 0) is 25.7 Å². The van der Waals surface area contributed by atoms with Gasteiger partial charge in [0.2, 0.25) is 5.91 Å². The summed E-state index contributed by atoms with van der Waals surface area (Å²) in [5, 5.41) is 6.23. The zero-order valence-corrected chi connectivity index (χ0v) is 10.9. The van der Waals surface area contributed by atoms with Crippen LogP contribution in [-0.4, -0.2) is 25.0 Å². The van der Waals surface area contributed by atoms with Crippen molar-refractivity contribution in [3.8, 4) is 0 Å². The molecule has 94 valence electrons. The summed E-state index contributed by atoms with van der Waals surface area (Å²) >= 11 is 0. The van der Waals surface area contributed by atoms with Gasteiger partial charge in [-0.2, -0.15) is 0 Å². The van der Waals surface area contributed by atoms with E-state index in [0.29, 0.717) is 18.4 Å². The van der Waals surface area contributed by atoms with Crippen molar-refractivity contribution < 1.29 is 4.79 Å². The van der Waals surface area contributed by atoms with Gasteiger partial charge in [0.25, 0.3) is 0 Å². The van der Waals surface area contributed by atoms with Gasteiger partial charge in [-0.25, -0.2) is 0 Å². The summed E-state index contributed by atoms with van der Waals surface area (Å²) in [6, 6.07) is 0.428. The molecule has 0 radical (unpaired) electrons. The summed E-state index contributed by atoms with van der Waals surface area (Å²) in [5.74, 6) is 0.703. The van der Waals surface area contributed by atoms with Gasteiger partial charge in [-0.1, -0.05) is 19.9 Å². The van der Waals surface area contributed by atoms with Crippen LogP contribution in [0.1, 0.15) is 40.0 Å². The summed E-state index contributed by atoms with van der Waals surface area (Å²) < 4.78 is 0. The smallest absolute Gasteiger partial charge is 0.221 e. The molecule has 0 aliphatic carbocycles. The van der Waals surface area contributed by atoms with Crippen molar-refractivity contribution >= 4 is 5.91 Å². The molecule has 2 atom stereocenters. The van der Waals surface area contributed by atoms with E-state index in [4.69, 9.17) is 0 Å². The van der Waals surface area contributed by atoms with Gasteiger partial charge in [0.15, 0.2) is 0 Å². The van der Waals surface area contributed by atoms with Crippen molar-refractivity contribution in [2.24, 2.45) is 5.92 Å². The van der Waals surface area contributed by atoms with Gasteiger partial charge in [-0.15, -0.1) is 6.58 Å². The fourth-order valence-corrected chi connectivity index (χ4v) is 1.43. The minimum atomic E-state index is 0.137. The molecule has 0 rings (SSSR count). The van der Waals surface area contributed by atoms with Crippen LogP contribution >= 0.6 is 0 Å². The highest BCUT2D eigenvalue weighted by atomic mass is 16.1. The first-order chi connectivity index (χ1) is 7.61. The Bertz CT molecular complexity index is 204. The van der Waals surface area contributed by atoms with E-state index in [0.717, 1.165) is 25.9 Å². The molecule has 0 aromatic heterocycles. The molecular formula is C13H26N2O. The number of nitrogens with one attached hydrogen (secondary N) is 2. The third-order valence-electron chi connectivity index (χ3n) is 2.78.